The van der Waals surface area contributed by atoms with Crippen LogP contribution in [0.2, 0.25) is 0 Å². The first-order valence-corrected chi connectivity index (χ1v) is 7.44. The fourth-order valence-electron chi connectivity index (χ4n) is 2.14. The highest BCUT2D eigenvalue weighted by Crippen LogP contribution is 2.32. The predicted molar refractivity (Wildman–Crippen MR) is 77.8 cm³/mol. The maximum Gasteiger partial charge on any atom is 0.327 e. The number of aromatic nitrogens is 1. The van der Waals surface area contributed by atoms with Crippen LogP contribution in [-0.2, 0) is 4.79 Å². The third-order valence-electron chi connectivity index (χ3n) is 3.21. The molecule has 0 spiro atoms. The van der Waals surface area contributed by atoms with Gasteiger partial charge >= 0.3 is 12.0 Å². The Bertz CT molecular complexity index is 523. The Morgan fingerprint density at radius 3 is 2.95 bits per heavy atom. The molecule has 0 bridgehead atoms. The second kappa shape index (κ2) is 6.13. The van der Waals surface area contributed by atoms with Crippen LogP contribution in [0.5, 0.6) is 0 Å². The van der Waals surface area contributed by atoms with Crippen LogP contribution in [0, 0.1) is 6.92 Å². The van der Waals surface area contributed by atoms with Gasteiger partial charge in [0.1, 0.15) is 6.04 Å². The van der Waals surface area contributed by atoms with E-state index < -0.39 is 12.0 Å². The number of carbonyl (C=O) groups is 2. The number of pyridine rings is 1. The molecule has 2 atom stereocenters. The number of aryl methyl sites for hydroxylation is 1. The van der Waals surface area contributed by atoms with Gasteiger partial charge in [-0.1, -0.05) is 6.92 Å². The summed E-state index contributed by atoms with van der Waals surface area (Å²) < 4.78 is 0. The van der Waals surface area contributed by atoms with Gasteiger partial charge in [-0.25, -0.2) is 9.59 Å². The van der Waals surface area contributed by atoms with E-state index in [-0.39, 0.29) is 11.4 Å². The number of nitrogens with one attached hydrogen (secondary N) is 1. The number of amides is 2. The maximum absolute atomic E-state index is 12.4. The molecule has 2 unspecified atom stereocenters. The molecular formula is C13H17N3O3S. The molecule has 0 radical (unpaired) electrons. The van der Waals surface area contributed by atoms with Crippen LogP contribution in [0.1, 0.15) is 19.0 Å². The van der Waals surface area contributed by atoms with Crippen molar-refractivity contribution in [2.45, 2.75) is 31.7 Å². The van der Waals surface area contributed by atoms with Crippen LogP contribution in [0.25, 0.3) is 0 Å². The van der Waals surface area contributed by atoms with E-state index in [1.165, 1.54) is 16.7 Å². The summed E-state index contributed by atoms with van der Waals surface area (Å²) in [6.45, 7) is 3.73. The van der Waals surface area contributed by atoms with E-state index in [1.54, 1.807) is 25.3 Å². The zero-order valence-electron chi connectivity index (χ0n) is 11.4. The summed E-state index contributed by atoms with van der Waals surface area (Å²) in [7, 11) is 0. The third-order valence-corrected chi connectivity index (χ3v) is 4.66. The Morgan fingerprint density at radius 1 is 1.60 bits per heavy atom. The Balaban J connectivity index is 2.17. The minimum absolute atomic E-state index is 0.104. The monoisotopic (exact) mass is 295 g/mol. The summed E-state index contributed by atoms with van der Waals surface area (Å²) in [5.74, 6) is -0.542. The average Bonchev–Trinajstić information content (AvgIpc) is 2.85. The van der Waals surface area contributed by atoms with Crippen LogP contribution in [0.15, 0.2) is 18.3 Å². The van der Waals surface area contributed by atoms with Gasteiger partial charge < -0.3 is 10.4 Å². The number of carboxylic acids is 1. The zero-order valence-corrected chi connectivity index (χ0v) is 12.2. The topological polar surface area (TPSA) is 82.5 Å². The number of urea groups is 1. The summed E-state index contributed by atoms with van der Waals surface area (Å²) in [5, 5.41) is 11.9. The van der Waals surface area contributed by atoms with Gasteiger partial charge in [-0.3, -0.25) is 9.88 Å². The number of carbonyl (C=O) groups excluding carboxylic acids is 1. The number of thioether (sulfide) groups is 1. The lowest BCUT2D eigenvalue weighted by Crippen LogP contribution is -2.47. The van der Waals surface area contributed by atoms with E-state index in [0.29, 0.717) is 23.6 Å². The highest BCUT2D eigenvalue weighted by atomic mass is 32.2. The Hall–Kier alpha value is -1.76. The normalized spacial score (nSPS) is 21.8. The molecule has 2 N–H and O–H groups in total. The van der Waals surface area contributed by atoms with Gasteiger partial charge in [0.25, 0.3) is 0 Å². The van der Waals surface area contributed by atoms with E-state index in [2.05, 4.69) is 10.3 Å². The molecule has 0 aromatic carbocycles. The van der Waals surface area contributed by atoms with Gasteiger partial charge in [-0.05, 0) is 25.5 Å². The van der Waals surface area contributed by atoms with Crippen LogP contribution in [-0.4, -0.2) is 44.2 Å². The minimum Gasteiger partial charge on any atom is -0.480 e. The van der Waals surface area contributed by atoms with Crippen LogP contribution < -0.4 is 5.32 Å². The second-order valence-electron chi connectivity index (χ2n) is 4.52. The predicted octanol–water partition coefficient (Wildman–Crippen LogP) is 2.16. The molecule has 0 saturated carbocycles. The van der Waals surface area contributed by atoms with Crippen molar-refractivity contribution in [2.24, 2.45) is 0 Å². The molecule has 6 nitrogen and oxygen atoms in total. The van der Waals surface area contributed by atoms with Crippen molar-refractivity contribution in [1.29, 1.82) is 0 Å². The Morgan fingerprint density at radius 2 is 2.35 bits per heavy atom. The largest absolute Gasteiger partial charge is 0.480 e. The van der Waals surface area contributed by atoms with Gasteiger partial charge in [0.2, 0.25) is 0 Å². The molecule has 108 valence electrons. The molecule has 2 rings (SSSR count). The molecule has 7 heteroatoms. The SMILES string of the molecule is CCC1SCC(C(=O)O)N1C(=O)Nc1cccnc1C. The average molecular weight is 295 g/mol. The number of carboxylic acid groups (broad SMARTS) is 1. The number of nitrogens with zero attached hydrogens (tertiary/aromatic N) is 2. The van der Waals surface area contributed by atoms with E-state index in [9.17, 15) is 14.7 Å². The number of hydrogen-bond donors (Lipinski definition) is 2. The highest BCUT2D eigenvalue weighted by Gasteiger charge is 2.40. The molecule has 1 aromatic rings. The molecule has 1 aliphatic rings. The molecule has 0 aliphatic carbocycles. The van der Waals surface area contributed by atoms with Crippen LogP contribution in [0.4, 0.5) is 10.5 Å². The summed E-state index contributed by atoms with van der Waals surface area (Å²) in [5.41, 5.74) is 1.31. The lowest BCUT2D eigenvalue weighted by Gasteiger charge is -2.27. The van der Waals surface area contributed by atoms with Crippen LogP contribution >= 0.6 is 11.8 Å². The van der Waals surface area contributed by atoms with Crippen molar-refractivity contribution < 1.29 is 14.7 Å². The molecule has 1 fully saturated rings. The number of aliphatic carboxylic acids is 1. The van der Waals surface area contributed by atoms with Crippen molar-refractivity contribution >= 4 is 29.4 Å². The minimum atomic E-state index is -0.966. The first kappa shape index (κ1) is 14.6. The van der Waals surface area contributed by atoms with Gasteiger partial charge in [0.05, 0.1) is 16.8 Å². The molecule has 2 heterocycles. The Labute approximate surface area is 121 Å². The molecule has 1 aromatic heterocycles. The van der Waals surface area contributed by atoms with E-state index >= 15 is 0 Å². The molecule has 1 saturated heterocycles. The maximum atomic E-state index is 12.4. The molecule has 2 amide bonds. The third kappa shape index (κ3) is 2.87. The van der Waals surface area contributed by atoms with E-state index in [1.807, 2.05) is 6.92 Å². The van der Waals surface area contributed by atoms with Gasteiger partial charge in [-0.15, -0.1) is 11.8 Å². The molecule has 1 aliphatic heterocycles. The van der Waals surface area contributed by atoms with Crippen molar-refractivity contribution in [3.8, 4) is 0 Å². The van der Waals surface area contributed by atoms with Crippen molar-refractivity contribution in [1.82, 2.24) is 9.88 Å². The standard InChI is InChI=1S/C13H17N3O3S/c1-3-11-16(10(7-20-11)12(17)18)13(19)15-9-5-4-6-14-8(9)2/h4-6,10-11H,3,7H2,1-2H3,(H,15,19)(H,17,18). The zero-order chi connectivity index (χ0) is 14.7. The fourth-order valence-corrected chi connectivity index (χ4v) is 3.48. The first-order valence-electron chi connectivity index (χ1n) is 6.40. The molecular weight excluding hydrogens is 278 g/mol. The van der Waals surface area contributed by atoms with Crippen molar-refractivity contribution in [2.75, 3.05) is 11.1 Å². The molecule has 20 heavy (non-hydrogen) atoms. The van der Waals surface area contributed by atoms with Crippen molar-refractivity contribution in [3.63, 3.8) is 0 Å². The van der Waals surface area contributed by atoms with E-state index in [4.69, 9.17) is 0 Å². The van der Waals surface area contributed by atoms with E-state index in [0.717, 1.165) is 0 Å². The lowest BCUT2D eigenvalue weighted by atomic mass is 10.2. The smallest absolute Gasteiger partial charge is 0.327 e. The number of hydrogen-bond acceptors (Lipinski definition) is 4. The highest BCUT2D eigenvalue weighted by molar-refractivity contribution is 8.00. The van der Waals surface area contributed by atoms with Crippen LogP contribution in [0.3, 0.4) is 0 Å². The Kier molecular flexibility index (Phi) is 4.49. The second-order valence-corrected chi connectivity index (χ2v) is 5.73. The summed E-state index contributed by atoms with van der Waals surface area (Å²) in [6, 6.07) is 2.32. The van der Waals surface area contributed by atoms with Gasteiger partial charge in [0.15, 0.2) is 0 Å². The van der Waals surface area contributed by atoms with Crippen molar-refractivity contribution in [3.05, 3.63) is 24.0 Å². The fraction of sp³-hybridized carbons (Fsp3) is 0.462. The summed E-state index contributed by atoms with van der Waals surface area (Å²) in [4.78, 5) is 29.1. The number of anilines is 1. The summed E-state index contributed by atoms with van der Waals surface area (Å²) in [6.07, 6.45) is 2.36. The van der Waals surface area contributed by atoms with Gasteiger partial charge in [-0.2, -0.15) is 0 Å². The quantitative estimate of drug-likeness (QED) is 0.893. The van der Waals surface area contributed by atoms with Gasteiger partial charge in [0, 0.05) is 11.9 Å². The number of rotatable bonds is 3. The first-order chi connectivity index (χ1) is 9.54. The summed E-state index contributed by atoms with van der Waals surface area (Å²) >= 11 is 1.50. The lowest BCUT2D eigenvalue weighted by molar-refractivity contribution is -0.141.